The Labute approximate surface area is 124 Å². The second kappa shape index (κ2) is 7.24. The summed E-state index contributed by atoms with van der Waals surface area (Å²) in [4.78, 5) is 0. The molecule has 1 N–H and O–H groups in total. The van der Waals surface area contributed by atoms with Gasteiger partial charge in [-0.3, -0.25) is 0 Å². The van der Waals surface area contributed by atoms with Gasteiger partial charge in [0.2, 0.25) is 0 Å². The molecule has 5 nitrogen and oxygen atoms in total. The number of halogens is 1. The van der Waals surface area contributed by atoms with Crippen LogP contribution < -0.4 is 5.32 Å². The molecule has 0 amide bonds. The molecule has 20 heavy (non-hydrogen) atoms. The average Bonchev–Trinajstić information content (AvgIpc) is 2.96. The van der Waals surface area contributed by atoms with Gasteiger partial charge < -0.3 is 5.32 Å². The molecule has 0 aliphatic heterocycles. The number of nitrogens with one attached hydrogen (secondary N) is 1. The Hall–Kier alpha value is -1.62. The molecule has 0 bridgehead atoms. The molecule has 108 valence electrons. The van der Waals surface area contributed by atoms with Gasteiger partial charge in [-0.15, -0.1) is 5.10 Å². The van der Waals surface area contributed by atoms with Crippen molar-refractivity contribution in [2.24, 2.45) is 0 Å². The van der Waals surface area contributed by atoms with Crippen molar-refractivity contribution in [3.63, 3.8) is 0 Å². The highest BCUT2D eigenvalue weighted by molar-refractivity contribution is 6.33. The zero-order chi connectivity index (χ0) is 14.4. The highest BCUT2D eigenvalue weighted by Crippen LogP contribution is 2.26. The Kier molecular flexibility index (Phi) is 5.35. The lowest BCUT2D eigenvalue weighted by molar-refractivity contribution is 0.586. The van der Waals surface area contributed by atoms with Crippen molar-refractivity contribution in [1.29, 1.82) is 0 Å². The van der Waals surface area contributed by atoms with E-state index in [0.29, 0.717) is 6.04 Å². The van der Waals surface area contributed by atoms with Gasteiger partial charge in [0.25, 0.3) is 0 Å². The predicted molar refractivity (Wildman–Crippen MR) is 81.4 cm³/mol. The first-order chi connectivity index (χ1) is 9.74. The number of tetrazole rings is 1. The van der Waals surface area contributed by atoms with Gasteiger partial charge >= 0.3 is 0 Å². The van der Waals surface area contributed by atoms with Crippen LogP contribution in [0.1, 0.15) is 39.5 Å². The maximum absolute atomic E-state index is 6.28. The summed E-state index contributed by atoms with van der Waals surface area (Å²) >= 11 is 6.28. The number of hydrogen-bond donors (Lipinski definition) is 1. The molecule has 6 heteroatoms. The van der Waals surface area contributed by atoms with Gasteiger partial charge in [0.1, 0.15) is 6.33 Å². The van der Waals surface area contributed by atoms with Crippen molar-refractivity contribution in [2.45, 2.75) is 45.6 Å². The largest absolute Gasteiger partial charge is 0.381 e. The first kappa shape index (κ1) is 14.8. The molecule has 2 rings (SSSR count). The summed E-state index contributed by atoms with van der Waals surface area (Å²) in [5.41, 5.74) is 1.83. The summed E-state index contributed by atoms with van der Waals surface area (Å²) in [5.74, 6) is 0. The van der Waals surface area contributed by atoms with Gasteiger partial charge in [-0.2, -0.15) is 0 Å². The van der Waals surface area contributed by atoms with E-state index in [1.165, 1.54) is 0 Å². The van der Waals surface area contributed by atoms with Crippen molar-refractivity contribution < 1.29 is 0 Å². The molecule has 0 atom stereocenters. The lowest BCUT2D eigenvalue weighted by Crippen LogP contribution is -2.19. The number of nitrogens with zero attached hydrogens (tertiary/aromatic N) is 4. The van der Waals surface area contributed by atoms with Crippen LogP contribution in [0.15, 0.2) is 24.5 Å². The molecule has 0 aliphatic carbocycles. The summed E-state index contributed by atoms with van der Waals surface area (Å²) in [7, 11) is 0. The Morgan fingerprint density at radius 1 is 1.25 bits per heavy atom. The van der Waals surface area contributed by atoms with Crippen molar-refractivity contribution in [3.05, 3.63) is 29.5 Å². The Morgan fingerprint density at radius 3 is 2.60 bits per heavy atom. The minimum Gasteiger partial charge on any atom is -0.381 e. The maximum atomic E-state index is 6.28. The Balaban J connectivity index is 2.19. The molecular formula is C14H20ClN5. The highest BCUT2D eigenvalue weighted by Gasteiger charge is 2.10. The molecule has 2 aromatic rings. The number of hydrogen-bond acceptors (Lipinski definition) is 4. The minimum atomic E-state index is 0.451. The topological polar surface area (TPSA) is 55.6 Å². The van der Waals surface area contributed by atoms with Gasteiger partial charge in [0, 0.05) is 6.04 Å². The van der Waals surface area contributed by atoms with Gasteiger partial charge in [0.05, 0.1) is 16.4 Å². The van der Waals surface area contributed by atoms with E-state index in [2.05, 4.69) is 34.7 Å². The molecule has 1 aromatic carbocycles. The summed E-state index contributed by atoms with van der Waals surface area (Å²) in [6.07, 6.45) is 6.16. The van der Waals surface area contributed by atoms with Crippen LogP contribution in [-0.4, -0.2) is 26.2 Å². The smallest absolute Gasteiger partial charge is 0.143 e. The van der Waals surface area contributed by atoms with Crippen molar-refractivity contribution in [3.8, 4) is 5.69 Å². The molecule has 0 unspecified atom stereocenters. The minimum absolute atomic E-state index is 0.451. The van der Waals surface area contributed by atoms with Crippen molar-refractivity contribution in [1.82, 2.24) is 20.2 Å². The summed E-state index contributed by atoms with van der Waals surface area (Å²) in [6.45, 7) is 4.40. The third-order valence-corrected chi connectivity index (χ3v) is 3.53. The predicted octanol–water partition coefficient (Wildman–Crippen LogP) is 3.70. The van der Waals surface area contributed by atoms with Crippen LogP contribution in [0.2, 0.25) is 5.02 Å². The molecule has 0 radical (unpaired) electrons. The van der Waals surface area contributed by atoms with Gasteiger partial charge in [-0.05, 0) is 41.5 Å². The highest BCUT2D eigenvalue weighted by atomic mass is 35.5. The fourth-order valence-electron chi connectivity index (χ4n) is 2.25. The summed E-state index contributed by atoms with van der Waals surface area (Å²) in [5, 5.41) is 15.5. The van der Waals surface area contributed by atoms with Crippen LogP contribution in [0.4, 0.5) is 5.69 Å². The van der Waals surface area contributed by atoms with E-state index in [0.717, 1.165) is 42.1 Å². The maximum Gasteiger partial charge on any atom is 0.143 e. The zero-order valence-corrected chi connectivity index (χ0v) is 12.6. The second-order valence-corrected chi connectivity index (χ2v) is 5.24. The number of rotatable bonds is 7. The second-order valence-electron chi connectivity index (χ2n) is 4.84. The first-order valence-electron chi connectivity index (χ1n) is 7.04. The standard InChI is InChI=1S/C14H20ClN5/c1-3-5-11(6-4-2)17-14-9-12(7-8-13(14)15)20-10-16-18-19-20/h7-11,17H,3-6H2,1-2H3. The third kappa shape index (κ3) is 3.70. The monoisotopic (exact) mass is 293 g/mol. The van der Waals surface area contributed by atoms with Crippen molar-refractivity contribution in [2.75, 3.05) is 5.32 Å². The molecule has 0 fully saturated rings. The quantitative estimate of drug-likeness (QED) is 0.846. The van der Waals surface area contributed by atoms with Gasteiger partial charge in [-0.1, -0.05) is 38.3 Å². The fraction of sp³-hybridized carbons (Fsp3) is 0.500. The molecule has 0 spiro atoms. The molecular weight excluding hydrogens is 274 g/mol. The van der Waals surface area contributed by atoms with E-state index < -0.39 is 0 Å². The Morgan fingerprint density at radius 2 is 2.00 bits per heavy atom. The lowest BCUT2D eigenvalue weighted by Gasteiger charge is -2.20. The van der Waals surface area contributed by atoms with Crippen LogP contribution >= 0.6 is 11.6 Å². The van der Waals surface area contributed by atoms with Gasteiger partial charge in [-0.25, -0.2) is 4.68 Å². The van der Waals surface area contributed by atoms with E-state index in [4.69, 9.17) is 11.6 Å². The molecule has 0 aliphatic rings. The SMILES string of the molecule is CCCC(CCC)Nc1cc(-n2cnnn2)ccc1Cl. The summed E-state index contributed by atoms with van der Waals surface area (Å²) < 4.78 is 1.62. The van der Waals surface area contributed by atoms with Crippen LogP contribution in [0.5, 0.6) is 0 Å². The number of benzene rings is 1. The van der Waals surface area contributed by atoms with E-state index in [-0.39, 0.29) is 0 Å². The van der Waals surface area contributed by atoms with E-state index >= 15 is 0 Å². The van der Waals surface area contributed by atoms with Crippen LogP contribution in [0.3, 0.4) is 0 Å². The van der Waals surface area contributed by atoms with Crippen LogP contribution in [0.25, 0.3) is 5.69 Å². The Bertz CT molecular complexity index is 520. The lowest BCUT2D eigenvalue weighted by atomic mass is 10.1. The van der Waals surface area contributed by atoms with Crippen molar-refractivity contribution >= 4 is 17.3 Å². The van der Waals surface area contributed by atoms with E-state index in [1.54, 1.807) is 11.0 Å². The van der Waals surface area contributed by atoms with Crippen LogP contribution in [-0.2, 0) is 0 Å². The molecule has 1 heterocycles. The van der Waals surface area contributed by atoms with Crippen LogP contribution in [0, 0.1) is 0 Å². The normalized spacial score (nSPS) is 11.0. The number of aromatic nitrogens is 4. The molecule has 0 saturated carbocycles. The fourth-order valence-corrected chi connectivity index (χ4v) is 2.42. The first-order valence-corrected chi connectivity index (χ1v) is 7.41. The summed E-state index contributed by atoms with van der Waals surface area (Å²) in [6, 6.07) is 6.21. The van der Waals surface area contributed by atoms with Gasteiger partial charge in [0.15, 0.2) is 0 Å². The van der Waals surface area contributed by atoms with E-state index in [9.17, 15) is 0 Å². The zero-order valence-electron chi connectivity index (χ0n) is 11.9. The number of anilines is 1. The average molecular weight is 294 g/mol. The third-order valence-electron chi connectivity index (χ3n) is 3.20. The van der Waals surface area contributed by atoms with E-state index in [1.807, 2.05) is 18.2 Å². The molecule has 0 saturated heterocycles. The molecule has 1 aromatic heterocycles.